The van der Waals surface area contributed by atoms with E-state index in [1.807, 2.05) is 32.0 Å². The highest BCUT2D eigenvalue weighted by atomic mass is 79.9. The standard InChI is InChI=1S/C21H18BrN3O4/c1-3-28-18-9-13(8-15(22)20(18)29-11-19(26)27)7-14(10-23)21-24-16-5-4-12(2)6-17(16)25-21/h4-9H,3,11H2,1-2H3,(H,24,25)(H,26,27)/b14-7+. The van der Waals surface area contributed by atoms with E-state index in [0.29, 0.717) is 39.5 Å². The first kappa shape index (κ1) is 20.4. The number of carbonyl (C=O) groups is 1. The molecule has 0 aliphatic rings. The van der Waals surface area contributed by atoms with Gasteiger partial charge in [0.15, 0.2) is 18.1 Å². The number of imidazole rings is 1. The van der Waals surface area contributed by atoms with Crippen molar-refractivity contribution in [3.8, 4) is 17.6 Å². The van der Waals surface area contributed by atoms with Gasteiger partial charge in [-0.1, -0.05) is 6.07 Å². The van der Waals surface area contributed by atoms with Gasteiger partial charge in [0.1, 0.15) is 11.9 Å². The number of aliphatic carboxylic acids is 1. The van der Waals surface area contributed by atoms with Crippen molar-refractivity contribution in [3.63, 3.8) is 0 Å². The molecule has 0 saturated heterocycles. The van der Waals surface area contributed by atoms with Crippen molar-refractivity contribution in [2.45, 2.75) is 13.8 Å². The van der Waals surface area contributed by atoms with Crippen LogP contribution < -0.4 is 9.47 Å². The number of carboxylic acids is 1. The van der Waals surface area contributed by atoms with E-state index in [4.69, 9.17) is 14.6 Å². The number of ether oxygens (including phenoxy) is 2. The van der Waals surface area contributed by atoms with Gasteiger partial charge in [0.05, 0.1) is 27.7 Å². The Balaban J connectivity index is 2.01. The van der Waals surface area contributed by atoms with E-state index in [-0.39, 0.29) is 0 Å². The topological polar surface area (TPSA) is 108 Å². The van der Waals surface area contributed by atoms with E-state index in [1.54, 1.807) is 18.2 Å². The van der Waals surface area contributed by atoms with Crippen molar-refractivity contribution in [1.29, 1.82) is 5.26 Å². The molecule has 8 heteroatoms. The quantitative estimate of drug-likeness (QED) is 0.505. The largest absolute Gasteiger partial charge is 0.490 e. The molecular weight excluding hydrogens is 438 g/mol. The van der Waals surface area contributed by atoms with Gasteiger partial charge in [-0.25, -0.2) is 9.78 Å². The first-order valence-corrected chi connectivity index (χ1v) is 9.60. The number of nitrogens with one attached hydrogen (secondary N) is 1. The number of benzene rings is 2. The number of nitriles is 1. The third-order valence-corrected chi connectivity index (χ3v) is 4.58. The minimum absolute atomic E-state index is 0.295. The summed E-state index contributed by atoms with van der Waals surface area (Å²) in [5, 5.41) is 18.5. The molecule has 2 N–H and O–H groups in total. The van der Waals surface area contributed by atoms with Gasteiger partial charge in [0, 0.05) is 0 Å². The van der Waals surface area contributed by atoms with Gasteiger partial charge >= 0.3 is 5.97 Å². The Labute approximate surface area is 175 Å². The van der Waals surface area contributed by atoms with Gasteiger partial charge in [-0.3, -0.25) is 0 Å². The van der Waals surface area contributed by atoms with Crippen LogP contribution in [0.5, 0.6) is 11.5 Å². The van der Waals surface area contributed by atoms with Crippen molar-refractivity contribution in [3.05, 3.63) is 51.8 Å². The molecular formula is C21H18BrN3O4. The Morgan fingerprint density at radius 3 is 2.83 bits per heavy atom. The van der Waals surface area contributed by atoms with Gasteiger partial charge in [-0.2, -0.15) is 5.26 Å². The lowest BCUT2D eigenvalue weighted by Crippen LogP contribution is -2.10. The zero-order valence-corrected chi connectivity index (χ0v) is 17.4. The van der Waals surface area contributed by atoms with Gasteiger partial charge in [0.2, 0.25) is 0 Å². The minimum atomic E-state index is -1.09. The van der Waals surface area contributed by atoms with Gasteiger partial charge < -0.3 is 19.6 Å². The number of allylic oxidation sites excluding steroid dienone is 1. The maximum Gasteiger partial charge on any atom is 0.341 e. The van der Waals surface area contributed by atoms with Crippen LogP contribution in [0.25, 0.3) is 22.7 Å². The summed E-state index contributed by atoms with van der Waals surface area (Å²) in [7, 11) is 0. The van der Waals surface area contributed by atoms with E-state index in [9.17, 15) is 10.1 Å². The molecule has 1 aromatic heterocycles. The SMILES string of the molecule is CCOc1cc(/C=C(\C#N)c2nc3ccc(C)cc3[nH]2)cc(Br)c1OCC(=O)O. The number of carboxylic acid groups (broad SMARTS) is 1. The lowest BCUT2D eigenvalue weighted by Gasteiger charge is -2.13. The summed E-state index contributed by atoms with van der Waals surface area (Å²) in [5.41, 5.74) is 3.76. The lowest BCUT2D eigenvalue weighted by atomic mass is 10.1. The summed E-state index contributed by atoms with van der Waals surface area (Å²) < 4.78 is 11.4. The van der Waals surface area contributed by atoms with E-state index in [0.717, 1.165) is 16.6 Å². The predicted molar refractivity (Wildman–Crippen MR) is 113 cm³/mol. The highest BCUT2D eigenvalue weighted by molar-refractivity contribution is 9.10. The predicted octanol–water partition coefficient (Wildman–Crippen LogP) is 4.56. The maximum absolute atomic E-state index is 10.8. The smallest absolute Gasteiger partial charge is 0.341 e. The molecule has 0 unspecified atom stereocenters. The van der Waals surface area contributed by atoms with Gasteiger partial charge in [-0.05, 0) is 71.2 Å². The molecule has 148 valence electrons. The summed E-state index contributed by atoms with van der Waals surface area (Å²) in [6.45, 7) is 3.68. The molecule has 29 heavy (non-hydrogen) atoms. The number of aryl methyl sites for hydroxylation is 1. The number of nitrogens with zero attached hydrogens (tertiary/aromatic N) is 2. The van der Waals surface area contributed by atoms with Crippen LogP contribution >= 0.6 is 15.9 Å². The number of aromatic nitrogens is 2. The molecule has 0 aliphatic heterocycles. The Kier molecular flexibility index (Phi) is 6.20. The van der Waals surface area contributed by atoms with Crippen LogP contribution in [0, 0.1) is 18.3 Å². The summed E-state index contributed by atoms with van der Waals surface area (Å²) in [5.74, 6) is 0.0552. The van der Waals surface area contributed by atoms with Crippen LogP contribution in [0.15, 0.2) is 34.8 Å². The zero-order valence-electron chi connectivity index (χ0n) is 15.8. The summed E-state index contributed by atoms with van der Waals surface area (Å²) in [4.78, 5) is 18.5. The lowest BCUT2D eigenvalue weighted by molar-refractivity contribution is -0.139. The van der Waals surface area contributed by atoms with Crippen molar-refractivity contribution >= 4 is 44.6 Å². The van der Waals surface area contributed by atoms with Crippen LogP contribution in [0.4, 0.5) is 0 Å². The Morgan fingerprint density at radius 2 is 2.14 bits per heavy atom. The average Bonchev–Trinajstić information content (AvgIpc) is 3.08. The van der Waals surface area contributed by atoms with E-state index >= 15 is 0 Å². The highest BCUT2D eigenvalue weighted by Crippen LogP contribution is 2.38. The van der Waals surface area contributed by atoms with E-state index in [1.165, 1.54) is 0 Å². The van der Waals surface area contributed by atoms with Crippen LogP contribution in [0.3, 0.4) is 0 Å². The molecule has 0 saturated carbocycles. The number of halogens is 1. The van der Waals surface area contributed by atoms with E-state index < -0.39 is 12.6 Å². The summed E-state index contributed by atoms with van der Waals surface area (Å²) in [6.07, 6.45) is 1.68. The average molecular weight is 456 g/mol. The molecule has 0 aliphatic carbocycles. The molecule has 0 amide bonds. The first-order valence-electron chi connectivity index (χ1n) is 8.80. The Bertz CT molecular complexity index is 1140. The second-order valence-corrected chi connectivity index (χ2v) is 7.08. The second-order valence-electron chi connectivity index (χ2n) is 6.22. The van der Waals surface area contributed by atoms with Crippen molar-refractivity contribution in [2.75, 3.05) is 13.2 Å². The molecule has 3 aromatic rings. The molecule has 0 fully saturated rings. The molecule has 7 nitrogen and oxygen atoms in total. The molecule has 0 spiro atoms. The normalized spacial score (nSPS) is 11.3. The molecule has 0 bridgehead atoms. The number of fused-ring (bicyclic) bond motifs is 1. The molecule has 2 aromatic carbocycles. The number of rotatable bonds is 7. The van der Waals surface area contributed by atoms with Crippen LogP contribution in [-0.4, -0.2) is 34.3 Å². The second kappa shape index (κ2) is 8.80. The zero-order chi connectivity index (χ0) is 21.0. The molecule has 1 heterocycles. The van der Waals surface area contributed by atoms with E-state index in [2.05, 4.69) is 32.0 Å². The summed E-state index contributed by atoms with van der Waals surface area (Å²) >= 11 is 3.39. The maximum atomic E-state index is 10.8. The van der Waals surface area contributed by atoms with Crippen LogP contribution in [0.1, 0.15) is 23.9 Å². The molecule has 3 rings (SSSR count). The van der Waals surface area contributed by atoms with Crippen LogP contribution in [0.2, 0.25) is 0 Å². The third kappa shape index (κ3) is 4.76. The van der Waals surface area contributed by atoms with Gasteiger partial charge in [0.25, 0.3) is 0 Å². The number of aromatic amines is 1. The number of hydrogen-bond acceptors (Lipinski definition) is 5. The van der Waals surface area contributed by atoms with Crippen molar-refractivity contribution in [2.24, 2.45) is 0 Å². The van der Waals surface area contributed by atoms with Crippen molar-refractivity contribution < 1.29 is 19.4 Å². The monoisotopic (exact) mass is 455 g/mol. The fourth-order valence-electron chi connectivity index (χ4n) is 2.78. The van der Waals surface area contributed by atoms with Gasteiger partial charge in [-0.15, -0.1) is 0 Å². The summed E-state index contributed by atoms with van der Waals surface area (Å²) in [6, 6.07) is 11.4. The fourth-order valence-corrected chi connectivity index (χ4v) is 3.35. The third-order valence-electron chi connectivity index (χ3n) is 4.00. The van der Waals surface area contributed by atoms with Crippen LogP contribution in [-0.2, 0) is 4.79 Å². The first-order chi connectivity index (χ1) is 13.9. The number of hydrogen-bond donors (Lipinski definition) is 2. The van der Waals surface area contributed by atoms with Crippen molar-refractivity contribution in [1.82, 2.24) is 9.97 Å². The fraction of sp³-hybridized carbons (Fsp3) is 0.190. The highest BCUT2D eigenvalue weighted by Gasteiger charge is 2.15. The number of H-pyrrole nitrogens is 1. The Hall–Kier alpha value is -3.31. The molecule has 0 atom stereocenters. The molecule has 0 radical (unpaired) electrons. The Morgan fingerprint density at radius 1 is 1.34 bits per heavy atom. The minimum Gasteiger partial charge on any atom is -0.490 e.